The van der Waals surface area contributed by atoms with E-state index >= 15 is 0 Å². The van der Waals surface area contributed by atoms with Crippen molar-refractivity contribution in [3.05, 3.63) is 78.5 Å². The lowest BCUT2D eigenvalue weighted by Crippen LogP contribution is -2.21. The largest absolute Gasteiger partial charge is 0.494 e. The number of hydrogen-bond donors (Lipinski definition) is 2. The molecule has 0 aliphatic heterocycles. The number of amides is 2. The number of fused-ring (bicyclic) bond motifs is 1. The van der Waals surface area contributed by atoms with Gasteiger partial charge in [0, 0.05) is 16.9 Å². The van der Waals surface area contributed by atoms with Crippen molar-refractivity contribution in [2.45, 2.75) is 46.0 Å². The molecule has 0 saturated carbocycles. The number of carbonyl (C=O) groups excluding carboxylic acids is 1. The fraction of sp³-hybridized carbons (Fsp3) is 0.286. The molecular weight excluding hydrogens is 424 g/mol. The normalized spacial score (nSPS) is 11.4. The van der Waals surface area contributed by atoms with Crippen LogP contribution in [0.15, 0.2) is 72.8 Å². The Morgan fingerprint density at radius 1 is 0.971 bits per heavy atom. The summed E-state index contributed by atoms with van der Waals surface area (Å²) in [5.74, 6) is 1.42. The molecule has 6 heteroatoms. The number of rotatable bonds is 7. The van der Waals surface area contributed by atoms with E-state index in [-0.39, 0.29) is 11.4 Å². The molecule has 6 nitrogen and oxygen atoms in total. The van der Waals surface area contributed by atoms with Crippen LogP contribution >= 0.6 is 0 Å². The van der Waals surface area contributed by atoms with Crippen LogP contribution in [0.5, 0.6) is 5.75 Å². The summed E-state index contributed by atoms with van der Waals surface area (Å²) in [5, 5.41) is 12.8. The van der Waals surface area contributed by atoms with Crippen molar-refractivity contribution >= 4 is 28.3 Å². The lowest BCUT2D eigenvalue weighted by Gasteiger charge is -2.14. The van der Waals surface area contributed by atoms with Crippen LogP contribution in [-0.4, -0.2) is 22.4 Å². The third kappa shape index (κ3) is 5.39. The van der Waals surface area contributed by atoms with E-state index in [1.54, 1.807) is 4.68 Å². The molecule has 176 valence electrons. The summed E-state index contributed by atoms with van der Waals surface area (Å²) in [6.45, 7) is 9.15. The highest BCUT2D eigenvalue weighted by atomic mass is 16.5. The molecule has 1 heterocycles. The van der Waals surface area contributed by atoms with Gasteiger partial charge in [-0.05, 0) is 42.1 Å². The van der Waals surface area contributed by atoms with Gasteiger partial charge in [-0.25, -0.2) is 9.48 Å². The van der Waals surface area contributed by atoms with Gasteiger partial charge in [0.2, 0.25) is 0 Å². The minimum atomic E-state index is -0.322. The van der Waals surface area contributed by atoms with Gasteiger partial charge in [-0.15, -0.1) is 0 Å². The van der Waals surface area contributed by atoms with Crippen LogP contribution < -0.4 is 15.4 Å². The highest BCUT2D eigenvalue weighted by molar-refractivity contribution is 6.06. The molecule has 3 aromatic carbocycles. The predicted octanol–water partition coefficient (Wildman–Crippen LogP) is 7.15. The van der Waals surface area contributed by atoms with Gasteiger partial charge in [0.15, 0.2) is 0 Å². The number of carbonyl (C=O) groups is 1. The van der Waals surface area contributed by atoms with E-state index < -0.39 is 0 Å². The Morgan fingerprint density at radius 3 is 2.44 bits per heavy atom. The summed E-state index contributed by atoms with van der Waals surface area (Å²) in [7, 11) is 0. The molecule has 0 fully saturated rings. The predicted molar refractivity (Wildman–Crippen MR) is 139 cm³/mol. The number of aromatic nitrogens is 2. The average molecular weight is 457 g/mol. The molecule has 0 aliphatic rings. The number of benzene rings is 3. The molecule has 4 aromatic rings. The summed E-state index contributed by atoms with van der Waals surface area (Å²) in [4.78, 5) is 13.0. The van der Waals surface area contributed by atoms with E-state index in [0.717, 1.165) is 46.4 Å². The van der Waals surface area contributed by atoms with Gasteiger partial charge in [-0.3, -0.25) is 5.32 Å². The number of hydrogen-bond acceptors (Lipinski definition) is 3. The van der Waals surface area contributed by atoms with E-state index in [1.165, 1.54) is 0 Å². The number of nitrogens with one attached hydrogen (secondary N) is 2. The third-order valence-electron chi connectivity index (χ3n) is 5.61. The van der Waals surface area contributed by atoms with Gasteiger partial charge in [-0.1, -0.05) is 70.5 Å². The van der Waals surface area contributed by atoms with Crippen LogP contribution in [0.1, 0.15) is 46.2 Å². The molecule has 0 bridgehead atoms. The fourth-order valence-corrected chi connectivity index (χ4v) is 3.66. The molecule has 0 spiro atoms. The van der Waals surface area contributed by atoms with Crippen LogP contribution in [0.4, 0.5) is 16.3 Å². The zero-order valence-electron chi connectivity index (χ0n) is 20.3. The van der Waals surface area contributed by atoms with Gasteiger partial charge in [0.05, 0.1) is 23.7 Å². The molecular formula is C28H32N4O2. The molecule has 2 amide bonds. The zero-order valence-corrected chi connectivity index (χ0v) is 20.3. The molecule has 2 N–H and O–H groups in total. The second-order valence-electron chi connectivity index (χ2n) is 9.38. The van der Waals surface area contributed by atoms with E-state index in [0.29, 0.717) is 12.4 Å². The van der Waals surface area contributed by atoms with E-state index in [9.17, 15) is 4.79 Å². The average Bonchev–Trinajstić information content (AvgIpc) is 3.24. The van der Waals surface area contributed by atoms with E-state index in [1.807, 2.05) is 72.8 Å². The Hall–Kier alpha value is -3.80. The Labute approximate surface area is 200 Å². The van der Waals surface area contributed by atoms with Crippen molar-refractivity contribution in [2.24, 2.45) is 0 Å². The summed E-state index contributed by atoms with van der Waals surface area (Å²) in [6.07, 6.45) is 2.12. The van der Waals surface area contributed by atoms with Crippen molar-refractivity contribution in [2.75, 3.05) is 17.2 Å². The van der Waals surface area contributed by atoms with Crippen LogP contribution in [0.2, 0.25) is 0 Å². The van der Waals surface area contributed by atoms with Crippen molar-refractivity contribution in [3.8, 4) is 11.4 Å². The highest BCUT2D eigenvalue weighted by Crippen LogP contribution is 2.28. The second kappa shape index (κ2) is 10.00. The highest BCUT2D eigenvalue weighted by Gasteiger charge is 2.21. The molecule has 4 rings (SSSR count). The summed E-state index contributed by atoms with van der Waals surface area (Å²) in [6, 6.07) is 23.2. The zero-order chi connectivity index (χ0) is 24.1. The molecule has 0 radical (unpaired) electrons. The lowest BCUT2D eigenvalue weighted by atomic mass is 9.92. The van der Waals surface area contributed by atoms with Gasteiger partial charge in [0.25, 0.3) is 0 Å². The first-order chi connectivity index (χ1) is 16.3. The minimum absolute atomic E-state index is 0.170. The van der Waals surface area contributed by atoms with E-state index in [2.05, 4.69) is 38.3 Å². The minimum Gasteiger partial charge on any atom is -0.494 e. The molecule has 1 aromatic heterocycles. The van der Waals surface area contributed by atoms with Crippen molar-refractivity contribution in [3.63, 3.8) is 0 Å². The maximum absolute atomic E-state index is 13.0. The number of urea groups is 1. The van der Waals surface area contributed by atoms with Crippen molar-refractivity contribution in [1.82, 2.24) is 9.78 Å². The van der Waals surface area contributed by atoms with Gasteiger partial charge >= 0.3 is 6.03 Å². The lowest BCUT2D eigenvalue weighted by molar-refractivity contribution is 0.262. The van der Waals surface area contributed by atoms with Crippen LogP contribution in [0.3, 0.4) is 0 Å². The summed E-state index contributed by atoms with van der Waals surface area (Å²) < 4.78 is 7.55. The standard InChI is InChI=1S/C28H32N4O2/c1-5-6-18-34-22-16-14-21(15-17-22)32-26(19-25(31-32)28(2,3)4)30-27(33)29-24-13-9-11-20-10-7-8-12-23(20)24/h7-17,19H,5-6,18H2,1-4H3,(H2,29,30,33). The quantitative estimate of drug-likeness (QED) is 0.290. The molecule has 0 aliphatic carbocycles. The number of ether oxygens (including phenoxy) is 1. The third-order valence-corrected chi connectivity index (χ3v) is 5.61. The maximum Gasteiger partial charge on any atom is 0.324 e. The number of nitrogens with zero attached hydrogens (tertiary/aromatic N) is 2. The molecule has 34 heavy (non-hydrogen) atoms. The monoisotopic (exact) mass is 456 g/mol. The molecule has 0 unspecified atom stereocenters. The number of anilines is 2. The summed E-state index contributed by atoms with van der Waals surface area (Å²) >= 11 is 0. The first-order valence-electron chi connectivity index (χ1n) is 11.7. The van der Waals surface area contributed by atoms with Gasteiger partial charge in [-0.2, -0.15) is 5.10 Å². The van der Waals surface area contributed by atoms with Crippen molar-refractivity contribution < 1.29 is 9.53 Å². The maximum atomic E-state index is 13.0. The van der Waals surface area contributed by atoms with Crippen LogP contribution in [0, 0.1) is 0 Å². The fourth-order valence-electron chi connectivity index (χ4n) is 3.66. The first-order valence-corrected chi connectivity index (χ1v) is 11.7. The Balaban J connectivity index is 1.58. The second-order valence-corrected chi connectivity index (χ2v) is 9.38. The van der Waals surface area contributed by atoms with Gasteiger partial charge in [0.1, 0.15) is 11.6 Å². The topological polar surface area (TPSA) is 68.2 Å². The Bertz CT molecular complexity index is 1260. The summed E-state index contributed by atoms with van der Waals surface area (Å²) in [5.41, 5.74) is 2.32. The molecule has 0 saturated heterocycles. The first kappa shape index (κ1) is 23.4. The number of unbranched alkanes of at least 4 members (excludes halogenated alkanes) is 1. The Morgan fingerprint density at radius 2 is 1.71 bits per heavy atom. The van der Waals surface area contributed by atoms with Gasteiger partial charge < -0.3 is 10.1 Å². The van der Waals surface area contributed by atoms with Crippen LogP contribution in [-0.2, 0) is 5.41 Å². The van der Waals surface area contributed by atoms with Crippen LogP contribution in [0.25, 0.3) is 16.5 Å². The van der Waals surface area contributed by atoms with E-state index in [4.69, 9.17) is 9.84 Å². The smallest absolute Gasteiger partial charge is 0.324 e. The SMILES string of the molecule is CCCCOc1ccc(-n2nc(C(C)(C)C)cc2NC(=O)Nc2cccc3ccccc23)cc1. The Kier molecular flexibility index (Phi) is 6.87. The van der Waals surface area contributed by atoms with Crippen molar-refractivity contribution in [1.29, 1.82) is 0 Å². The molecule has 0 atom stereocenters.